The molecule has 0 saturated carbocycles. The smallest absolute Gasteiger partial charge is 0.251 e. The predicted molar refractivity (Wildman–Crippen MR) is 58.2 cm³/mol. The Morgan fingerprint density at radius 1 is 1.31 bits per heavy atom. The second-order valence-corrected chi connectivity index (χ2v) is 3.34. The highest BCUT2D eigenvalue weighted by Gasteiger charge is 1.98. The predicted octanol–water partition coefficient (Wildman–Crippen LogP) is 1.05. The van der Waals surface area contributed by atoms with E-state index in [1.165, 1.54) is 6.07 Å². The van der Waals surface area contributed by atoms with Crippen LogP contribution in [-0.4, -0.2) is 15.2 Å². The van der Waals surface area contributed by atoms with Crippen molar-refractivity contribution in [2.24, 2.45) is 0 Å². The summed E-state index contributed by atoms with van der Waals surface area (Å²) in [6, 6.07) is 6.78. The fourth-order valence-electron chi connectivity index (χ4n) is 1.18. The third-order valence-electron chi connectivity index (χ3n) is 1.99. The molecule has 2 heterocycles. The van der Waals surface area contributed by atoms with Gasteiger partial charge in [-0.15, -0.1) is 0 Å². The van der Waals surface area contributed by atoms with E-state index in [0.29, 0.717) is 12.4 Å². The van der Waals surface area contributed by atoms with Crippen LogP contribution in [0.1, 0.15) is 11.4 Å². The number of hydrogen-bond donors (Lipinski definition) is 1. The third kappa shape index (κ3) is 2.66. The zero-order chi connectivity index (χ0) is 11.4. The lowest BCUT2D eigenvalue weighted by Crippen LogP contribution is -2.05. The Bertz CT molecular complexity index is 519. The van der Waals surface area contributed by atoms with Gasteiger partial charge < -0.3 is 9.72 Å². The van der Waals surface area contributed by atoms with Crippen LogP contribution in [0.2, 0.25) is 0 Å². The summed E-state index contributed by atoms with van der Waals surface area (Å²) in [4.78, 5) is 13.5. The molecule has 0 bridgehead atoms. The first-order chi connectivity index (χ1) is 7.74. The molecule has 0 unspecified atom stereocenters. The van der Waals surface area contributed by atoms with E-state index in [-0.39, 0.29) is 5.56 Å². The molecular weight excluding hydrogens is 206 g/mol. The van der Waals surface area contributed by atoms with Gasteiger partial charge in [0.2, 0.25) is 0 Å². The summed E-state index contributed by atoms with van der Waals surface area (Å²) in [7, 11) is 0. The van der Waals surface area contributed by atoms with E-state index in [2.05, 4.69) is 15.2 Å². The van der Waals surface area contributed by atoms with Gasteiger partial charge in [0.25, 0.3) is 5.56 Å². The average Bonchev–Trinajstić information content (AvgIpc) is 2.28. The lowest BCUT2D eigenvalue weighted by molar-refractivity contribution is 0.299. The Labute approximate surface area is 92.1 Å². The van der Waals surface area contributed by atoms with E-state index >= 15 is 0 Å². The molecule has 0 amide bonds. The van der Waals surface area contributed by atoms with Crippen molar-refractivity contribution in [3.8, 4) is 5.75 Å². The molecule has 0 fully saturated rings. The molecule has 0 aliphatic heterocycles. The van der Waals surface area contributed by atoms with Gasteiger partial charge in [-0.25, -0.2) is 0 Å². The van der Waals surface area contributed by atoms with Crippen molar-refractivity contribution < 1.29 is 4.74 Å². The summed E-state index contributed by atoms with van der Waals surface area (Å²) in [5.74, 6) is 0.520. The molecule has 16 heavy (non-hydrogen) atoms. The number of ether oxygens (including phenoxy) is 1. The van der Waals surface area contributed by atoms with Gasteiger partial charge in [-0.05, 0) is 25.1 Å². The van der Waals surface area contributed by atoms with Crippen molar-refractivity contribution >= 4 is 0 Å². The molecule has 0 aromatic carbocycles. The molecule has 0 radical (unpaired) electrons. The zero-order valence-corrected chi connectivity index (χ0v) is 8.80. The van der Waals surface area contributed by atoms with Crippen molar-refractivity contribution in [3.05, 3.63) is 52.2 Å². The fraction of sp³-hybridized carbons (Fsp3) is 0.182. The highest BCUT2D eigenvalue weighted by Crippen LogP contribution is 2.07. The van der Waals surface area contributed by atoms with Gasteiger partial charge in [0.1, 0.15) is 18.1 Å². The molecule has 5 heteroatoms. The minimum atomic E-state index is -0.188. The van der Waals surface area contributed by atoms with Gasteiger partial charge in [0, 0.05) is 12.3 Å². The summed E-state index contributed by atoms with van der Waals surface area (Å²) in [6.07, 6.45) is 1.54. The molecule has 2 aromatic rings. The first-order valence-electron chi connectivity index (χ1n) is 4.85. The number of aromatic amines is 1. The minimum Gasteiger partial charge on any atom is -0.487 e. The van der Waals surface area contributed by atoms with E-state index in [4.69, 9.17) is 4.74 Å². The highest BCUT2D eigenvalue weighted by molar-refractivity contribution is 5.17. The molecule has 1 N–H and O–H groups in total. The molecule has 0 atom stereocenters. The maximum Gasteiger partial charge on any atom is 0.251 e. The summed E-state index contributed by atoms with van der Waals surface area (Å²) < 4.78 is 5.39. The molecule has 0 saturated heterocycles. The second-order valence-electron chi connectivity index (χ2n) is 3.34. The van der Waals surface area contributed by atoms with Crippen molar-refractivity contribution in [1.29, 1.82) is 0 Å². The van der Waals surface area contributed by atoms with Crippen LogP contribution in [0, 0.1) is 6.92 Å². The van der Waals surface area contributed by atoms with Crippen LogP contribution in [0.15, 0.2) is 35.3 Å². The summed E-state index contributed by atoms with van der Waals surface area (Å²) >= 11 is 0. The number of H-pyrrole nitrogens is 1. The number of nitrogens with one attached hydrogen (secondary N) is 1. The van der Waals surface area contributed by atoms with Crippen LogP contribution >= 0.6 is 0 Å². The SMILES string of the molecule is Cc1ccc(COc2cc[nH]c(=O)c2)nn1. The van der Waals surface area contributed by atoms with Gasteiger partial charge in [-0.1, -0.05) is 0 Å². The number of aryl methyl sites for hydroxylation is 1. The van der Waals surface area contributed by atoms with Crippen LogP contribution < -0.4 is 10.3 Å². The Kier molecular flexibility index (Phi) is 2.95. The summed E-state index contributed by atoms with van der Waals surface area (Å²) in [5.41, 5.74) is 1.40. The van der Waals surface area contributed by atoms with Crippen molar-refractivity contribution in [3.63, 3.8) is 0 Å². The van der Waals surface area contributed by atoms with E-state index in [9.17, 15) is 4.79 Å². The maximum atomic E-state index is 11.0. The molecule has 5 nitrogen and oxygen atoms in total. The quantitative estimate of drug-likeness (QED) is 0.834. The number of aromatic nitrogens is 3. The molecule has 0 aliphatic carbocycles. The van der Waals surface area contributed by atoms with E-state index in [1.54, 1.807) is 12.3 Å². The largest absolute Gasteiger partial charge is 0.487 e. The second kappa shape index (κ2) is 4.57. The first-order valence-corrected chi connectivity index (χ1v) is 4.85. The average molecular weight is 217 g/mol. The summed E-state index contributed by atoms with van der Waals surface area (Å²) in [5, 5.41) is 7.87. The van der Waals surface area contributed by atoms with E-state index in [0.717, 1.165) is 11.4 Å². The minimum absolute atomic E-state index is 0.188. The van der Waals surface area contributed by atoms with Crippen LogP contribution in [0.25, 0.3) is 0 Å². The monoisotopic (exact) mass is 217 g/mol. The third-order valence-corrected chi connectivity index (χ3v) is 1.99. The van der Waals surface area contributed by atoms with Gasteiger partial charge >= 0.3 is 0 Å². The zero-order valence-electron chi connectivity index (χ0n) is 8.80. The lowest BCUT2D eigenvalue weighted by atomic mass is 10.3. The standard InChI is InChI=1S/C11H11N3O2/c1-8-2-3-9(14-13-8)7-16-10-4-5-12-11(15)6-10/h2-6H,7H2,1H3,(H,12,15). The molecule has 82 valence electrons. The Morgan fingerprint density at radius 2 is 2.19 bits per heavy atom. The number of rotatable bonds is 3. The van der Waals surface area contributed by atoms with Crippen molar-refractivity contribution in [2.75, 3.05) is 0 Å². The first kappa shape index (κ1) is 10.4. The maximum absolute atomic E-state index is 11.0. The highest BCUT2D eigenvalue weighted by atomic mass is 16.5. The molecular formula is C11H11N3O2. The number of hydrogen-bond acceptors (Lipinski definition) is 4. The molecule has 2 rings (SSSR count). The van der Waals surface area contributed by atoms with Gasteiger partial charge in [-0.3, -0.25) is 4.79 Å². The summed E-state index contributed by atoms with van der Waals surface area (Å²) in [6.45, 7) is 2.17. The molecule has 0 aliphatic rings. The van der Waals surface area contributed by atoms with E-state index in [1.807, 2.05) is 19.1 Å². The topological polar surface area (TPSA) is 67.9 Å². The number of nitrogens with zero attached hydrogens (tertiary/aromatic N) is 2. The molecule has 0 spiro atoms. The van der Waals surface area contributed by atoms with Gasteiger partial charge in [0.15, 0.2) is 0 Å². The lowest BCUT2D eigenvalue weighted by Gasteiger charge is -2.04. The van der Waals surface area contributed by atoms with Crippen LogP contribution in [0.4, 0.5) is 0 Å². The Hall–Kier alpha value is -2.17. The fourth-order valence-corrected chi connectivity index (χ4v) is 1.18. The normalized spacial score (nSPS) is 10.1. The number of pyridine rings is 1. The van der Waals surface area contributed by atoms with Crippen LogP contribution in [0.3, 0.4) is 0 Å². The van der Waals surface area contributed by atoms with Gasteiger partial charge in [0.05, 0.1) is 5.69 Å². The van der Waals surface area contributed by atoms with E-state index < -0.39 is 0 Å². The van der Waals surface area contributed by atoms with Gasteiger partial charge in [-0.2, -0.15) is 10.2 Å². The Morgan fingerprint density at radius 3 is 2.88 bits per heavy atom. The molecule has 2 aromatic heterocycles. The van der Waals surface area contributed by atoms with Crippen LogP contribution in [0.5, 0.6) is 5.75 Å². The van der Waals surface area contributed by atoms with Crippen LogP contribution in [-0.2, 0) is 6.61 Å². The van der Waals surface area contributed by atoms with Crippen molar-refractivity contribution in [2.45, 2.75) is 13.5 Å². The Balaban J connectivity index is 2.02. The van der Waals surface area contributed by atoms with Crippen molar-refractivity contribution in [1.82, 2.24) is 15.2 Å².